The summed E-state index contributed by atoms with van der Waals surface area (Å²) < 4.78 is 0. The van der Waals surface area contributed by atoms with Gasteiger partial charge in [0.15, 0.2) is 5.78 Å². The predicted octanol–water partition coefficient (Wildman–Crippen LogP) is 3.57. The van der Waals surface area contributed by atoms with Gasteiger partial charge >= 0.3 is 0 Å². The molecule has 3 nitrogen and oxygen atoms in total. The summed E-state index contributed by atoms with van der Waals surface area (Å²) in [5, 5.41) is 7.89. The van der Waals surface area contributed by atoms with E-state index in [1.807, 2.05) is 37.3 Å². The van der Waals surface area contributed by atoms with Crippen LogP contribution in [-0.2, 0) is 6.42 Å². The second kappa shape index (κ2) is 5.78. The van der Waals surface area contributed by atoms with Crippen LogP contribution in [0.25, 0.3) is 0 Å². The molecular weight excluding hydrogens is 248 g/mol. The van der Waals surface area contributed by atoms with Crippen LogP contribution in [0.2, 0.25) is 0 Å². The first kappa shape index (κ1) is 14.1. The average Bonchev–Trinajstić information content (AvgIpc) is 2.39. The molecule has 1 heterocycles. The predicted molar refractivity (Wildman–Crippen MR) is 80.7 cm³/mol. The van der Waals surface area contributed by atoms with Crippen molar-refractivity contribution >= 4 is 11.5 Å². The van der Waals surface area contributed by atoms with E-state index in [2.05, 4.69) is 4.98 Å². The van der Waals surface area contributed by atoms with Gasteiger partial charge in [-0.15, -0.1) is 0 Å². The maximum Gasteiger partial charge on any atom is 0.159 e. The molecule has 0 aliphatic rings. The van der Waals surface area contributed by atoms with Crippen LogP contribution in [0.3, 0.4) is 0 Å². The number of pyridine rings is 1. The summed E-state index contributed by atoms with van der Waals surface area (Å²) in [6, 6.07) is 9.50. The monoisotopic (exact) mass is 266 g/mol. The minimum absolute atomic E-state index is 0.0706. The lowest BCUT2D eigenvalue weighted by Gasteiger charge is -2.10. The molecule has 0 radical (unpaired) electrons. The minimum atomic E-state index is 0.0706. The van der Waals surface area contributed by atoms with Crippen molar-refractivity contribution in [3.05, 3.63) is 64.5 Å². The largest absolute Gasteiger partial charge is 0.305 e. The molecule has 0 aliphatic heterocycles. The highest BCUT2D eigenvalue weighted by Gasteiger charge is 2.10. The number of benzene rings is 1. The van der Waals surface area contributed by atoms with E-state index in [4.69, 9.17) is 5.41 Å². The Bertz CT molecular complexity index is 657. The summed E-state index contributed by atoms with van der Waals surface area (Å²) in [5.41, 5.74) is 5.25. The second-order valence-corrected chi connectivity index (χ2v) is 5.00. The van der Waals surface area contributed by atoms with Crippen molar-refractivity contribution in [2.24, 2.45) is 0 Å². The molecule has 3 heteroatoms. The smallest absolute Gasteiger partial charge is 0.159 e. The van der Waals surface area contributed by atoms with Crippen molar-refractivity contribution < 1.29 is 4.79 Å². The molecule has 0 unspecified atom stereocenters. The van der Waals surface area contributed by atoms with Gasteiger partial charge in [-0.3, -0.25) is 9.78 Å². The Morgan fingerprint density at radius 3 is 2.35 bits per heavy atom. The zero-order valence-corrected chi connectivity index (χ0v) is 12.0. The first-order chi connectivity index (χ1) is 9.49. The molecule has 0 aliphatic carbocycles. The zero-order valence-electron chi connectivity index (χ0n) is 12.0. The van der Waals surface area contributed by atoms with Crippen LogP contribution >= 0.6 is 0 Å². The Morgan fingerprint density at radius 2 is 1.80 bits per heavy atom. The van der Waals surface area contributed by atoms with E-state index < -0.39 is 0 Å². The number of hydrogen-bond acceptors (Lipinski definition) is 3. The van der Waals surface area contributed by atoms with Gasteiger partial charge in [0.05, 0.1) is 5.69 Å². The fraction of sp³-hybridized carbons (Fsp3) is 0.235. The molecule has 0 bridgehead atoms. The van der Waals surface area contributed by atoms with Gasteiger partial charge in [0.1, 0.15) is 0 Å². The molecule has 0 spiro atoms. The molecule has 102 valence electrons. The lowest BCUT2D eigenvalue weighted by Crippen LogP contribution is -2.06. The van der Waals surface area contributed by atoms with E-state index in [1.54, 1.807) is 20.0 Å². The molecule has 2 rings (SSSR count). The standard InChI is InChI=1S/C17H18N2O/c1-11-8-9-19-16(17(11)12(2)18)10-14-4-6-15(7-5-14)13(3)20/h4-9,18H,10H2,1-3H3. The van der Waals surface area contributed by atoms with Crippen molar-refractivity contribution in [3.8, 4) is 0 Å². The van der Waals surface area contributed by atoms with E-state index in [1.165, 1.54) is 0 Å². The van der Waals surface area contributed by atoms with Gasteiger partial charge in [-0.2, -0.15) is 0 Å². The maximum absolute atomic E-state index is 11.3. The zero-order chi connectivity index (χ0) is 14.7. The van der Waals surface area contributed by atoms with Crippen LogP contribution in [0.15, 0.2) is 36.5 Å². The Kier molecular flexibility index (Phi) is 4.08. The topological polar surface area (TPSA) is 53.8 Å². The lowest BCUT2D eigenvalue weighted by atomic mass is 9.98. The Balaban J connectivity index is 2.33. The molecule has 0 atom stereocenters. The first-order valence-electron chi connectivity index (χ1n) is 6.59. The number of carbonyl (C=O) groups is 1. The van der Waals surface area contributed by atoms with Crippen molar-refractivity contribution in [2.45, 2.75) is 27.2 Å². The van der Waals surface area contributed by atoms with E-state index in [-0.39, 0.29) is 5.78 Å². The number of aromatic nitrogens is 1. The van der Waals surface area contributed by atoms with Gasteiger partial charge in [-0.05, 0) is 38.0 Å². The van der Waals surface area contributed by atoms with Gasteiger partial charge in [0.2, 0.25) is 0 Å². The van der Waals surface area contributed by atoms with Crippen LogP contribution in [0.4, 0.5) is 0 Å². The van der Waals surface area contributed by atoms with Crippen LogP contribution < -0.4 is 0 Å². The molecule has 1 aromatic carbocycles. The first-order valence-corrected chi connectivity index (χ1v) is 6.59. The van der Waals surface area contributed by atoms with Crippen molar-refractivity contribution in [1.29, 1.82) is 5.41 Å². The average molecular weight is 266 g/mol. The van der Waals surface area contributed by atoms with Gasteiger partial charge in [-0.25, -0.2) is 0 Å². The van der Waals surface area contributed by atoms with Gasteiger partial charge in [0, 0.05) is 29.5 Å². The van der Waals surface area contributed by atoms with Crippen molar-refractivity contribution in [3.63, 3.8) is 0 Å². The number of carbonyl (C=O) groups excluding carboxylic acids is 1. The van der Waals surface area contributed by atoms with E-state index in [0.29, 0.717) is 12.1 Å². The summed E-state index contributed by atoms with van der Waals surface area (Å²) in [7, 11) is 0. The highest BCUT2D eigenvalue weighted by molar-refractivity contribution is 5.98. The third-order valence-corrected chi connectivity index (χ3v) is 3.34. The van der Waals surface area contributed by atoms with Crippen molar-refractivity contribution in [2.75, 3.05) is 0 Å². The highest BCUT2D eigenvalue weighted by Crippen LogP contribution is 2.17. The van der Waals surface area contributed by atoms with Crippen LogP contribution in [-0.4, -0.2) is 16.5 Å². The third-order valence-electron chi connectivity index (χ3n) is 3.34. The summed E-state index contributed by atoms with van der Waals surface area (Å²) in [4.78, 5) is 15.7. The van der Waals surface area contributed by atoms with E-state index in [9.17, 15) is 4.79 Å². The number of ketones is 1. The molecule has 0 amide bonds. The van der Waals surface area contributed by atoms with Crippen LogP contribution in [0.5, 0.6) is 0 Å². The number of aryl methyl sites for hydroxylation is 1. The summed E-state index contributed by atoms with van der Waals surface area (Å²) in [5.74, 6) is 0.0706. The number of nitrogens with zero attached hydrogens (tertiary/aromatic N) is 1. The van der Waals surface area contributed by atoms with Crippen LogP contribution in [0.1, 0.15) is 46.6 Å². The maximum atomic E-state index is 11.3. The third kappa shape index (κ3) is 2.99. The summed E-state index contributed by atoms with van der Waals surface area (Å²) in [6.07, 6.45) is 2.45. The summed E-state index contributed by atoms with van der Waals surface area (Å²) >= 11 is 0. The SMILES string of the molecule is CC(=N)c1c(C)ccnc1Cc1ccc(C(C)=O)cc1. The Hall–Kier alpha value is -2.29. The van der Waals surface area contributed by atoms with E-state index in [0.717, 1.165) is 27.9 Å². The fourth-order valence-electron chi connectivity index (χ4n) is 2.31. The quantitative estimate of drug-likeness (QED) is 0.679. The number of nitrogens with one attached hydrogen (secondary N) is 1. The molecule has 20 heavy (non-hydrogen) atoms. The molecule has 1 aromatic heterocycles. The van der Waals surface area contributed by atoms with Gasteiger partial charge in [0.25, 0.3) is 0 Å². The van der Waals surface area contributed by atoms with Crippen LogP contribution in [0, 0.1) is 12.3 Å². The number of hydrogen-bond donors (Lipinski definition) is 1. The Labute approximate surface area is 119 Å². The number of Topliss-reactive ketones (excluding diaryl/α,β-unsaturated/α-hetero) is 1. The van der Waals surface area contributed by atoms with Gasteiger partial charge < -0.3 is 5.41 Å². The molecular formula is C17H18N2O. The van der Waals surface area contributed by atoms with Gasteiger partial charge in [-0.1, -0.05) is 24.3 Å². The van der Waals surface area contributed by atoms with Crippen molar-refractivity contribution in [1.82, 2.24) is 4.98 Å². The minimum Gasteiger partial charge on any atom is -0.305 e. The number of rotatable bonds is 4. The summed E-state index contributed by atoms with van der Waals surface area (Å²) in [6.45, 7) is 5.34. The Morgan fingerprint density at radius 1 is 1.15 bits per heavy atom. The van der Waals surface area contributed by atoms with E-state index >= 15 is 0 Å². The molecule has 0 fully saturated rings. The molecule has 0 saturated carbocycles. The highest BCUT2D eigenvalue weighted by atomic mass is 16.1. The molecule has 1 N–H and O–H groups in total. The lowest BCUT2D eigenvalue weighted by molar-refractivity contribution is 0.101. The normalized spacial score (nSPS) is 10.3. The molecule has 0 saturated heterocycles. The fourth-order valence-corrected chi connectivity index (χ4v) is 2.31. The second-order valence-electron chi connectivity index (χ2n) is 5.00. The molecule has 2 aromatic rings.